The van der Waals surface area contributed by atoms with Gasteiger partial charge < -0.3 is 15.5 Å². The van der Waals surface area contributed by atoms with Crippen LogP contribution in [-0.2, 0) is 6.54 Å². The number of urea groups is 1. The molecule has 2 amide bonds. The molecule has 2 rings (SSSR count). The quantitative estimate of drug-likeness (QED) is 0.802. The molecule has 0 saturated carbocycles. The van der Waals surface area contributed by atoms with Crippen molar-refractivity contribution in [1.29, 1.82) is 0 Å². The molecule has 1 heterocycles. The van der Waals surface area contributed by atoms with Crippen molar-refractivity contribution in [3.63, 3.8) is 0 Å². The van der Waals surface area contributed by atoms with Crippen LogP contribution in [0.25, 0.3) is 0 Å². The fourth-order valence-corrected chi connectivity index (χ4v) is 3.56. The molecular formula is C16H20BrN3OS. The Morgan fingerprint density at radius 1 is 1.18 bits per heavy atom. The molecule has 2 N–H and O–H groups in total. The van der Waals surface area contributed by atoms with E-state index in [-0.39, 0.29) is 12.1 Å². The van der Waals surface area contributed by atoms with Crippen molar-refractivity contribution in [3.05, 3.63) is 56.7 Å². The summed E-state index contributed by atoms with van der Waals surface area (Å²) in [5, 5.41) is 5.82. The van der Waals surface area contributed by atoms with Gasteiger partial charge in [-0.1, -0.05) is 30.3 Å². The fourth-order valence-electron chi connectivity index (χ4n) is 2.14. The van der Waals surface area contributed by atoms with E-state index >= 15 is 0 Å². The number of hydrogen-bond acceptors (Lipinski definition) is 3. The number of amides is 2. The average Bonchev–Trinajstić information content (AvgIpc) is 2.92. The molecule has 22 heavy (non-hydrogen) atoms. The van der Waals surface area contributed by atoms with Crippen molar-refractivity contribution in [2.75, 3.05) is 20.6 Å². The highest BCUT2D eigenvalue weighted by Gasteiger charge is 2.14. The Morgan fingerprint density at radius 2 is 1.91 bits per heavy atom. The first kappa shape index (κ1) is 17.0. The third-order valence-electron chi connectivity index (χ3n) is 3.32. The van der Waals surface area contributed by atoms with Crippen LogP contribution in [0.2, 0.25) is 0 Å². The summed E-state index contributed by atoms with van der Waals surface area (Å²) in [6.07, 6.45) is 0. The molecule has 1 aromatic carbocycles. The maximum Gasteiger partial charge on any atom is 0.315 e. The van der Waals surface area contributed by atoms with Crippen molar-refractivity contribution in [2.24, 2.45) is 0 Å². The summed E-state index contributed by atoms with van der Waals surface area (Å²) in [4.78, 5) is 15.2. The predicted octanol–water partition coefficient (Wildman–Crippen LogP) is 3.61. The van der Waals surface area contributed by atoms with Gasteiger partial charge in [0.1, 0.15) is 0 Å². The number of thiophene rings is 1. The van der Waals surface area contributed by atoms with Crippen molar-refractivity contribution < 1.29 is 4.79 Å². The summed E-state index contributed by atoms with van der Waals surface area (Å²) in [6.45, 7) is 1.11. The molecule has 2 aromatic rings. The van der Waals surface area contributed by atoms with Gasteiger partial charge in [0.2, 0.25) is 0 Å². The van der Waals surface area contributed by atoms with E-state index in [0.29, 0.717) is 13.1 Å². The first-order valence-electron chi connectivity index (χ1n) is 7.03. The minimum Gasteiger partial charge on any atom is -0.336 e. The number of rotatable bonds is 6. The minimum atomic E-state index is -0.146. The minimum absolute atomic E-state index is 0.146. The zero-order chi connectivity index (χ0) is 15.9. The molecule has 1 unspecified atom stereocenters. The van der Waals surface area contributed by atoms with Crippen LogP contribution in [0.3, 0.4) is 0 Å². The van der Waals surface area contributed by atoms with Gasteiger partial charge in [-0.2, -0.15) is 0 Å². The number of hydrogen-bond donors (Lipinski definition) is 2. The molecule has 0 radical (unpaired) electrons. The summed E-state index contributed by atoms with van der Waals surface area (Å²) in [5.74, 6) is 0. The molecule has 0 spiro atoms. The Kier molecular flexibility index (Phi) is 6.42. The molecule has 0 aliphatic carbocycles. The highest BCUT2D eigenvalue weighted by Crippen LogP contribution is 2.21. The number of nitrogens with one attached hydrogen (secondary N) is 2. The maximum atomic E-state index is 11.9. The van der Waals surface area contributed by atoms with Crippen LogP contribution in [0.1, 0.15) is 16.5 Å². The van der Waals surface area contributed by atoms with Crippen molar-refractivity contribution >= 4 is 33.3 Å². The average molecular weight is 382 g/mol. The maximum absolute atomic E-state index is 11.9. The van der Waals surface area contributed by atoms with Crippen molar-refractivity contribution in [1.82, 2.24) is 15.5 Å². The van der Waals surface area contributed by atoms with Crippen molar-refractivity contribution in [2.45, 2.75) is 12.6 Å². The monoisotopic (exact) mass is 381 g/mol. The first-order valence-corrected chi connectivity index (χ1v) is 8.64. The van der Waals surface area contributed by atoms with Gasteiger partial charge in [0, 0.05) is 11.4 Å². The van der Waals surface area contributed by atoms with Crippen LogP contribution < -0.4 is 10.6 Å². The topological polar surface area (TPSA) is 44.4 Å². The van der Waals surface area contributed by atoms with Gasteiger partial charge in [-0.3, -0.25) is 0 Å². The van der Waals surface area contributed by atoms with E-state index in [0.717, 1.165) is 8.66 Å². The van der Waals surface area contributed by atoms with E-state index in [1.807, 2.05) is 44.4 Å². The summed E-state index contributed by atoms with van der Waals surface area (Å²) in [7, 11) is 4.03. The molecule has 0 saturated heterocycles. The van der Waals surface area contributed by atoms with Crippen LogP contribution in [-0.4, -0.2) is 31.6 Å². The molecule has 4 nitrogen and oxygen atoms in total. The summed E-state index contributed by atoms with van der Waals surface area (Å²) in [5.41, 5.74) is 1.19. The Hall–Kier alpha value is -1.37. The Morgan fingerprint density at radius 3 is 2.50 bits per heavy atom. The van der Waals surface area contributed by atoms with Gasteiger partial charge >= 0.3 is 6.03 Å². The SMILES string of the molecule is CN(C)C(CNC(=O)NCc1ccc(Br)s1)c1ccccc1. The summed E-state index contributed by atoms with van der Waals surface area (Å²) < 4.78 is 1.07. The van der Waals surface area contributed by atoms with Gasteiger partial charge in [0.25, 0.3) is 0 Å². The smallest absolute Gasteiger partial charge is 0.315 e. The number of halogens is 1. The molecule has 0 aliphatic rings. The van der Waals surface area contributed by atoms with Crippen LogP contribution in [0.4, 0.5) is 4.79 Å². The first-order chi connectivity index (χ1) is 10.6. The molecule has 0 aliphatic heterocycles. The number of nitrogens with zero attached hydrogens (tertiary/aromatic N) is 1. The lowest BCUT2D eigenvalue weighted by molar-refractivity contribution is 0.232. The molecule has 1 atom stereocenters. The number of likely N-dealkylation sites (N-methyl/N-ethyl adjacent to an activating group) is 1. The Bertz CT molecular complexity index is 600. The zero-order valence-electron chi connectivity index (χ0n) is 12.7. The normalized spacial score (nSPS) is 12.2. The van der Waals surface area contributed by atoms with E-state index in [1.54, 1.807) is 11.3 Å². The second-order valence-corrected chi connectivity index (χ2v) is 7.71. The standard InChI is InChI=1S/C16H20BrN3OS/c1-20(2)14(12-6-4-3-5-7-12)11-19-16(21)18-10-13-8-9-15(17)22-13/h3-9,14H,10-11H2,1-2H3,(H2,18,19,21). The number of benzene rings is 1. The van der Waals surface area contributed by atoms with Gasteiger partial charge in [-0.25, -0.2) is 4.79 Å². The summed E-state index contributed by atoms with van der Waals surface area (Å²) in [6, 6.07) is 14.2. The predicted molar refractivity (Wildman–Crippen MR) is 95.1 cm³/mol. The Labute approximate surface area is 143 Å². The van der Waals surface area contributed by atoms with Gasteiger partial charge in [0.15, 0.2) is 0 Å². The molecular weight excluding hydrogens is 362 g/mol. The number of carbonyl (C=O) groups excluding carboxylic acids is 1. The van der Waals surface area contributed by atoms with E-state index in [2.05, 4.69) is 43.6 Å². The second kappa shape index (κ2) is 8.31. The van der Waals surface area contributed by atoms with E-state index in [1.165, 1.54) is 5.56 Å². The largest absolute Gasteiger partial charge is 0.336 e. The van der Waals surface area contributed by atoms with Crippen LogP contribution in [0.15, 0.2) is 46.3 Å². The molecule has 1 aromatic heterocycles. The van der Waals surface area contributed by atoms with Crippen LogP contribution in [0.5, 0.6) is 0 Å². The highest BCUT2D eigenvalue weighted by atomic mass is 79.9. The van der Waals surface area contributed by atoms with Crippen molar-refractivity contribution in [3.8, 4) is 0 Å². The Balaban J connectivity index is 1.83. The lowest BCUT2D eigenvalue weighted by Crippen LogP contribution is -2.40. The molecule has 118 valence electrons. The fraction of sp³-hybridized carbons (Fsp3) is 0.312. The van der Waals surface area contributed by atoms with E-state index < -0.39 is 0 Å². The lowest BCUT2D eigenvalue weighted by Gasteiger charge is -2.25. The summed E-state index contributed by atoms with van der Waals surface area (Å²) >= 11 is 5.04. The van der Waals surface area contributed by atoms with E-state index in [9.17, 15) is 4.79 Å². The third kappa shape index (κ3) is 5.12. The lowest BCUT2D eigenvalue weighted by atomic mass is 10.1. The second-order valence-electron chi connectivity index (χ2n) is 5.16. The van der Waals surface area contributed by atoms with Gasteiger partial charge in [0.05, 0.1) is 16.4 Å². The molecule has 6 heteroatoms. The zero-order valence-corrected chi connectivity index (χ0v) is 15.1. The van der Waals surface area contributed by atoms with E-state index in [4.69, 9.17) is 0 Å². The molecule has 0 bridgehead atoms. The van der Waals surface area contributed by atoms with Crippen LogP contribution >= 0.6 is 27.3 Å². The number of carbonyl (C=O) groups is 1. The third-order valence-corrected chi connectivity index (χ3v) is 4.94. The molecule has 0 fully saturated rings. The van der Waals surface area contributed by atoms with Gasteiger partial charge in [-0.05, 0) is 47.7 Å². The van der Waals surface area contributed by atoms with Gasteiger partial charge in [-0.15, -0.1) is 11.3 Å². The highest BCUT2D eigenvalue weighted by molar-refractivity contribution is 9.11. The van der Waals surface area contributed by atoms with Crippen LogP contribution in [0, 0.1) is 0 Å².